The van der Waals surface area contributed by atoms with Gasteiger partial charge in [-0.15, -0.1) is 0 Å². The van der Waals surface area contributed by atoms with Crippen LogP contribution in [0.4, 0.5) is 5.69 Å². The van der Waals surface area contributed by atoms with Gasteiger partial charge in [0.2, 0.25) is 0 Å². The van der Waals surface area contributed by atoms with Gasteiger partial charge in [-0.25, -0.2) is 8.42 Å². The van der Waals surface area contributed by atoms with E-state index in [1.165, 1.54) is 11.3 Å². The van der Waals surface area contributed by atoms with E-state index >= 15 is 0 Å². The van der Waals surface area contributed by atoms with Gasteiger partial charge in [0.1, 0.15) is 11.9 Å². The maximum Gasteiger partial charge on any atom is 0.150 e. The molecule has 19 heavy (non-hydrogen) atoms. The molecular weight excluding hydrogens is 262 g/mol. The zero-order valence-electron chi connectivity index (χ0n) is 10.9. The van der Waals surface area contributed by atoms with Crippen LogP contribution in [0.15, 0.2) is 18.2 Å². The Labute approximate surface area is 114 Å². The minimum absolute atomic E-state index is 0.0399. The van der Waals surface area contributed by atoms with E-state index in [-0.39, 0.29) is 17.6 Å². The fourth-order valence-electron chi connectivity index (χ4n) is 2.70. The van der Waals surface area contributed by atoms with Crippen molar-refractivity contribution in [2.75, 3.05) is 23.4 Å². The number of ether oxygens (including phenoxy) is 1. The van der Waals surface area contributed by atoms with Crippen molar-refractivity contribution in [3.63, 3.8) is 0 Å². The van der Waals surface area contributed by atoms with Gasteiger partial charge in [-0.1, -0.05) is 0 Å². The number of sulfone groups is 1. The molecule has 3 rings (SSSR count). The average Bonchev–Trinajstić information content (AvgIpc) is 2.41. The van der Waals surface area contributed by atoms with Crippen molar-refractivity contribution in [1.82, 2.24) is 0 Å². The van der Waals surface area contributed by atoms with Crippen molar-refractivity contribution >= 4 is 15.5 Å². The highest BCUT2D eigenvalue weighted by Gasteiger charge is 2.25. The van der Waals surface area contributed by atoms with Crippen LogP contribution in [0.3, 0.4) is 0 Å². The topological polar surface area (TPSA) is 55.4 Å². The number of rotatable bonds is 2. The Morgan fingerprint density at radius 1 is 1.21 bits per heavy atom. The molecule has 0 atom stereocenters. The lowest BCUT2D eigenvalue weighted by molar-refractivity contribution is 0.189. The molecule has 0 amide bonds. The SMILES string of the molecule is O=S1(=O)CCC(Oc2ccc3c(c2)CCCN3)CC1. The normalized spacial score (nSPS) is 22.3. The molecule has 5 heteroatoms. The Kier molecular flexibility index (Phi) is 3.39. The van der Waals surface area contributed by atoms with E-state index in [0.29, 0.717) is 12.8 Å². The summed E-state index contributed by atoms with van der Waals surface area (Å²) in [6.07, 6.45) is 3.49. The van der Waals surface area contributed by atoms with Crippen molar-refractivity contribution in [1.29, 1.82) is 0 Å². The van der Waals surface area contributed by atoms with Crippen LogP contribution in [-0.4, -0.2) is 32.6 Å². The second-order valence-corrected chi connectivity index (χ2v) is 7.62. The first-order valence-electron chi connectivity index (χ1n) is 6.86. The fraction of sp³-hybridized carbons (Fsp3) is 0.571. The van der Waals surface area contributed by atoms with Crippen molar-refractivity contribution in [2.24, 2.45) is 0 Å². The van der Waals surface area contributed by atoms with Crippen LogP contribution >= 0.6 is 0 Å². The van der Waals surface area contributed by atoms with Crippen LogP contribution < -0.4 is 10.1 Å². The second-order valence-electron chi connectivity index (χ2n) is 5.32. The highest BCUT2D eigenvalue weighted by atomic mass is 32.2. The van der Waals surface area contributed by atoms with Crippen LogP contribution in [0.2, 0.25) is 0 Å². The fourth-order valence-corrected chi connectivity index (χ4v) is 4.15. The monoisotopic (exact) mass is 281 g/mol. The van der Waals surface area contributed by atoms with Crippen molar-refractivity contribution < 1.29 is 13.2 Å². The van der Waals surface area contributed by atoms with Crippen LogP contribution in [0.1, 0.15) is 24.8 Å². The minimum atomic E-state index is -2.81. The molecule has 0 bridgehead atoms. The molecule has 1 fully saturated rings. The lowest BCUT2D eigenvalue weighted by Gasteiger charge is -2.24. The predicted octanol–water partition coefficient (Wildman–Crippen LogP) is 2.00. The number of hydrogen-bond acceptors (Lipinski definition) is 4. The molecule has 2 heterocycles. The summed E-state index contributed by atoms with van der Waals surface area (Å²) in [6.45, 7) is 1.04. The van der Waals surface area contributed by atoms with E-state index in [0.717, 1.165) is 25.1 Å². The molecule has 1 aromatic rings. The number of aryl methyl sites for hydroxylation is 1. The maximum atomic E-state index is 11.4. The standard InChI is InChI=1S/C14H19NO3S/c16-19(17)8-5-12(6-9-19)18-13-3-4-14-11(10-13)2-1-7-15-14/h3-4,10,12,15H,1-2,5-9H2. The van der Waals surface area contributed by atoms with E-state index in [4.69, 9.17) is 4.74 Å². The van der Waals surface area contributed by atoms with Crippen LogP contribution in [0.5, 0.6) is 5.75 Å². The largest absolute Gasteiger partial charge is 0.490 e. The van der Waals surface area contributed by atoms with Gasteiger partial charge in [0, 0.05) is 12.2 Å². The van der Waals surface area contributed by atoms with E-state index in [1.54, 1.807) is 0 Å². The molecule has 2 aliphatic rings. The number of benzene rings is 1. The smallest absolute Gasteiger partial charge is 0.150 e. The summed E-state index contributed by atoms with van der Waals surface area (Å²) in [6, 6.07) is 6.12. The van der Waals surface area contributed by atoms with E-state index in [1.807, 2.05) is 6.07 Å². The first-order valence-corrected chi connectivity index (χ1v) is 8.68. The molecule has 0 radical (unpaired) electrons. The molecule has 4 nitrogen and oxygen atoms in total. The molecule has 0 aliphatic carbocycles. The van der Waals surface area contributed by atoms with Gasteiger partial charge in [0.15, 0.2) is 9.84 Å². The summed E-state index contributed by atoms with van der Waals surface area (Å²) in [7, 11) is -2.81. The van der Waals surface area contributed by atoms with E-state index < -0.39 is 9.84 Å². The highest BCUT2D eigenvalue weighted by molar-refractivity contribution is 7.91. The van der Waals surface area contributed by atoms with E-state index in [9.17, 15) is 8.42 Å². The van der Waals surface area contributed by atoms with Gasteiger partial charge in [-0.05, 0) is 49.4 Å². The third kappa shape index (κ3) is 3.03. The quantitative estimate of drug-likeness (QED) is 0.901. The zero-order chi connectivity index (χ0) is 13.3. The van der Waals surface area contributed by atoms with Gasteiger partial charge in [-0.2, -0.15) is 0 Å². The van der Waals surface area contributed by atoms with Gasteiger partial charge in [0.25, 0.3) is 0 Å². The predicted molar refractivity (Wildman–Crippen MR) is 75.6 cm³/mol. The molecule has 2 aliphatic heterocycles. The Hall–Kier alpha value is -1.23. The van der Waals surface area contributed by atoms with Gasteiger partial charge in [-0.3, -0.25) is 0 Å². The summed E-state index contributed by atoms with van der Waals surface area (Å²) in [5.74, 6) is 1.38. The van der Waals surface area contributed by atoms with Crippen molar-refractivity contribution in [3.05, 3.63) is 23.8 Å². The molecule has 0 spiro atoms. The molecular formula is C14H19NO3S. The lowest BCUT2D eigenvalue weighted by Crippen LogP contribution is -2.30. The van der Waals surface area contributed by atoms with Crippen molar-refractivity contribution in [2.45, 2.75) is 31.8 Å². The summed E-state index contributed by atoms with van der Waals surface area (Å²) in [4.78, 5) is 0. The Morgan fingerprint density at radius 2 is 2.00 bits per heavy atom. The third-order valence-electron chi connectivity index (χ3n) is 3.82. The lowest BCUT2D eigenvalue weighted by atomic mass is 10.0. The molecule has 1 N–H and O–H groups in total. The summed E-state index contributed by atoms with van der Waals surface area (Å²) < 4.78 is 28.7. The molecule has 1 saturated heterocycles. The average molecular weight is 281 g/mol. The van der Waals surface area contributed by atoms with Crippen LogP contribution in [0.25, 0.3) is 0 Å². The molecule has 0 saturated carbocycles. The summed E-state index contributed by atoms with van der Waals surface area (Å²) in [5, 5.41) is 3.37. The Bertz CT molecular complexity index is 554. The van der Waals surface area contributed by atoms with E-state index in [2.05, 4.69) is 17.4 Å². The molecule has 0 unspecified atom stereocenters. The molecule has 1 aromatic carbocycles. The molecule has 0 aromatic heterocycles. The summed E-state index contributed by atoms with van der Waals surface area (Å²) in [5.41, 5.74) is 2.50. The summed E-state index contributed by atoms with van der Waals surface area (Å²) >= 11 is 0. The van der Waals surface area contributed by atoms with Gasteiger partial charge < -0.3 is 10.1 Å². The minimum Gasteiger partial charge on any atom is -0.490 e. The van der Waals surface area contributed by atoms with Crippen LogP contribution in [-0.2, 0) is 16.3 Å². The highest BCUT2D eigenvalue weighted by Crippen LogP contribution is 2.28. The Balaban J connectivity index is 1.67. The number of fused-ring (bicyclic) bond motifs is 1. The van der Waals surface area contributed by atoms with Crippen LogP contribution in [0, 0.1) is 0 Å². The van der Waals surface area contributed by atoms with Gasteiger partial charge in [0.05, 0.1) is 11.5 Å². The van der Waals surface area contributed by atoms with Gasteiger partial charge >= 0.3 is 0 Å². The molecule has 104 valence electrons. The van der Waals surface area contributed by atoms with Crippen molar-refractivity contribution in [3.8, 4) is 5.75 Å². The first kappa shape index (κ1) is 12.8. The zero-order valence-corrected chi connectivity index (χ0v) is 11.7. The maximum absolute atomic E-state index is 11.4. The third-order valence-corrected chi connectivity index (χ3v) is 5.53. The first-order chi connectivity index (χ1) is 9.12. The number of nitrogens with one attached hydrogen (secondary N) is 1. The number of anilines is 1. The second kappa shape index (κ2) is 5.04. The Morgan fingerprint density at radius 3 is 2.79 bits per heavy atom. The number of hydrogen-bond donors (Lipinski definition) is 1.